The van der Waals surface area contributed by atoms with Crippen LogP contribution in [0.2, 0.25) is 0 Å². The number of hydrogen-bond donors (Lipinski definition) is 1. The van der Waals surface area contributed by atoms with Gasteiger partial charge in [-0.25, -0.2) is 0 Å². The van der Waals surface area contributed by atoms with Gasteiger partial charge in [-0.1, -0.05) is 6.07 Å². The van der Waals surface area contributed by atoms with Gasteiger partial charge >= 0.3 is 0 Å². The zero-order chi connectivity index (χ0) is 12.8. The van der Waals surface area contributed by atoms with Gasteiger partial charge in [-0.3, -0.25) is 4.79 Å². The molecule has 0 spiro atoms. The number of benzene rings is 1. The van der Waals surface area contributed by atoms with Gasteiger partial charge in [0.25, 0.3) is 5.91 Å². The highest BCUT2D eigenvalue weighted by Gasteiger charge is 2.09. The first-order chi connectivity index (χ1) is 8.08. The number of methoxy groups -OCH3 is 1. The molecule has 1 aromatic carbocycles. The van der Waals surface area contributed by atoms with Crippen LogP contribution < -0.4 is 15.2 Å². The minimum atomic E-state index is -0.106. The lowest BCUT2D eigenvalue weighted by Crippen LogP contribution is -2.27. The van der Waals surface area contributed by atoms with Crippen LogP contribution in [0.4, 0.5) is 0 Å². The first-order valence-corrected chi connectivity index (χ1v) is 5.28. The predicted molar refractivity (Wildman–Crippen MR) is 65.1 cm³/mol. The largest absolute Gasteiger partial charge is 0.493 e. The van der Waals surface area contributed by atoms with E-state index < -0.39 is 0 Å². The molecule has 1 amide bonds. The Balaban J connectivity index is 2.77. The van der Waals surface area contributed by atoms with Crippen LogP contribution >= 0.6 is 0 Å². The molecule has 1 rings (SSSR count). The maximum absolute atomic E-state index is 11.4. The fourth-order valence-electron chi connectivity index (χ4n) is 1.23. The number of nitrogens with two attached hydrogens (primary N) is 1. The number of amides is 1. The molecule has 0 atom stereocenters. The molecule has 0 aliphatic heterocycles. The van der Waals surface area contributed by atoms with E-state index in [-0.39, 0.29) is 12.5 Å². The van der Waals surface area contributed by atoms with Gasteiger partial charge in [-0.15, -0.1) is 0 Å². The topological polar surface area (TPSA) is 64.8 Å². The monoisotopic (exact) mass is 238 g/mol. The average molecular weight is 238 g/mol. The van der Waals surface area contributed by atoms with Crippen LogP contribution in [-0.2, 0) is 11.3 Å². The van der Waals surface area contributed by atoms with Gasteiger partial charge in [0.1, 0.15) is 0 Å². The summed E-state index contributed by atoms with van der Waals surface area (Å²) in [7, 11) is 4.91. The standard InChI is InChI=1S/C12H18N2O3/c1-14(2)12(15)8-17-11-6-9(7-13)4-5-10(11)16-3/h4-6H,7-8,13H2,1-3H3. The van der Waals surface area contributed by atoms with Crippen molar-refractivity contribution in [3.05, 3.63) is 23.8 Å². The van der Waals surface area contributed by atoms with Crippen molar-refractivity contribution in [3.63, 3.8) is 0 Å². The second kappa shape index (κ2) is 6.10. The van der Waals surface area contributed by atoms with Crippen LogP contribution in [0.1, 0.15) is 5.56 Å². The summed E-state index contributed by atoms with van der Waals surface area (Å²) in [6.45, 7) is 0.402. The van der Waals surface area contributed by atoms with E-state index in [1.54, 1.807) is 33.3 Å². The zero-order valence-electron chi connectivity index (χ0n) is 10.4. The smallest absolute Gasteiger partial charge is 0.259 e. The Bertz CT molecular complexity index is 391. The molecule has 0 saturated carbocycles. The molecule has 94 valence electrons. The van der Waals surface area contributed by atoms with Crippen molar-refractivity contribution in [3.8, 4) is 11.5 Å². The first kappa shape index (κ1) is 13.3. The number of likely N-dealkylation sites (N-methyl/N-ethyl adjacent to an activating group) is 1. The lowest BCUT2D eigenvalue weighted by Gasteiger charge is -2.14. The van der Waals surface area contributed by atoms with E-state index in [1.165, 1.54) is 4.90 Å². The summed E-state index contributed by atoms with van der Waals surface area (Å²) < 4.78 is 10.6. The maximum Gasteiger partial charge on any atom is 0.259 e. The molecule has 0 unspecified atom stereocenters. The van der Waals surface area contributed by atoms with Crippen molar-refractivity contribution < 1.29 is 14.3 Å². The second-order valence-electron chi connectivity index (χ2n) is 3.77. The third-order valence-electron chi connectivity index (χ3n) is 2.31. The number of rotatable bonds is 5. The third kappa shape index (κ3) is 3.64. The SMILES string of the molecule is COc1ccc(CN)cc1OCC(=O)N(C)C. The summed E-state index contributed by atoms with van der Waals surface area (Å²) in [6, 6.07) is 5.42. The van der Waals surface area contributed by atoms with E-state index in [4.69, 9.17) is 15.2 Å². The van der Waals surface area contributed by atoms with Crippen molar-refractivity contribution in [2.24, 2.45) is 5.73 Å². The number of carbonyl (C=O) groups excluding carboxylic acids is 1. The number of ether oxygens (including phenoxy) is 2. The van der Waals surface area contributed by atoms with E-state index >= 15 is 0 Å². The van der Waals surface area contributed by atoms with E-state index in [0.717, 1.165) is 5.56 Å². The Morgan fingerprint density at radius 1 is 1.35 bits per heavy atom. The molecule has 5 heteroatoms. The highest BCUT2D eigenvalue weighted by molar-refractivity contribution is 5.77. The van der Waals surface area contributed by atoms with E-state index in [2.05, 4.69) is 0 Å². The summed E-state index contributed by atoms with van der Waals surface area (Å²) in [4.78, 5) is 12.9. The normalized spacial score (nSPS) is 9.88. The Morgan fingerprint density at radius 2 is 2.06 bits per heavy atom. The van der Waals surface area contributed by atoms with Crippen LogP contribution in [0.3, 0.4) is 0 Å². The quantitative estimate of drug-likeness (QED) is 0.816. The van der Waals surface area contributed by atoms with Crippen molar-refractivity contribution in [1.29, 1.82) is 0 Å². The molecule has 1 aromatic rings. The minimum absolute atomic E-state index is 0.0165. The fourth-order valence-corrected chi connectivity index (χ4v) is 1.23. The number of carbonyl (C=O) groups is 1. The molecule has 17 heavy (non-hydrogen) atoms. The second-order valence-corrected chi connectivity index (χ2v) is 3.77. The highest BCUT2D eigenvalue weighted by Crippen LogP contribution is 2.27. The van der Waals surface area contributed by atoms with Gasteiger partial charge in [0.05, 0.1) is 7.11 Å². The lowest BCUT2D eigenvalue weighted by molar-refractivity contribution is -0.130. The van der Waals surface area contributed by atoms with Gasteiger partial charge in [0.15, 0.2) is 18.1 Å². The van der Waals surface area contributed by atoms with Gasteiger partial charge < -0.3 is 20.1 Å². The van der Waals surface area contributed by atoms with E-state index in [0.29, 0.717) is 18.0 Å². The Kier molecular flexibility index (Phi) is 4.78. The number of nitrogens with zero attached hydrogens (tertiary/aromatic N) is 1. The molecule has 0 heterocycles. The molecule has 0 aromatic heterocycles. The summed E-state index contributed by atoms with van der Waals surface area (Å²) in [5.74, 6) is 1.02. The lowest BCUT2D eigenvalue weighted by atomic mass is 10.2. The number of hydrogen-bond acceptors (Lipinski definition) is 4. The average Bonchev–Trinajstić information content (AvgIpc) is 2.35. The third-order valence-corrected chi connectivity index (χ3v) is 2.31. The Hall–Kier alpha value is -1.75. The first-order valence-electron chi connectivity index (χ1n) is 5.28. The van der Waals surface area contributed by atoms with Crippen LogP contribution in [0, 0.1) is 0 Å². The highest BCUT2D eigenvalue weighted by atomic mass is 16.5. The van der Waals surface area contributed by atoms with Gasteiger partial charge in [0, 0.05) is 20.6 Å². The van der Waals surface area contributed by atoms with Crippen molar-refractivity contribution in [2.75, 3.05) is 27.8 Å². The van der Waals surface area contributed by atoms with E-state index in [9.17, 15) is 4.79 Å². The fraction of sp³-hybridized carbons (Fsp3) is 0.417. The molecule has 0 aliphatic rings. The Morgan fingerprint density at radius 3 is 2.59 bits per heavy atom. The molecule has 2 N–H and O–H groups in total. The molecular formula is C12H18N2O3. The predicted octanol–water partition coefficient (Wildman–Crippen LogP) is 0.621. The van der Waals surface area contributed by atoms with Crippen LogP contribution in [0.25, 0.3) is 0 Å². The molecule has 0 saturated heterocycles. The van der Waals surface area contributed by atoms with E-state index in [1.807, 2.05) is 6.07 Å². The van der Waals surface area contributed by atoms with Crippen LogP contribution in [0.15, 0.2) is 18.2 Å². The summed E-state index contributed by atoms with van der Waals surface area (Å²) in [5.41, 5.74) is 6.47. The van der Waals surface area contributed by atoms with Crippen molar-refractivity contribution in [1.82, 2.24) is 4.90 Å². The van der Waals surface area contributed by atoms with Crippen molar-refractivity contribution in [2.45, 2.75) is 6.54 Å². The Labute approximate surface area is 101 Å². The molecule has 0 radical (unpaired) electrons. The van der Waals surface area contributed by atoms with Gasteiger partial charge in [-0.05, 0) is 17.7 Å². The van der Waals surface area contributed by atoms with Gasteiger partial charge in [0.2, 0.25) is 0 Å². The molecule has 5 nitrogen and oxygen atoms in total. The maximum atomic E-state index is 11.4. The minimum Gasteiger partial charge on any atom is -0.493 e. The van der Waals surface area contributed by atoms with Gasteiger partial charge in [-0.2, -0.15) is 0 Å². The molecule has 0 fully saturated rings. The summed E-state index contributed by atoms with van der Waals surface area (Å²) in [6.07, 6.45) is 0. The summed E-state index contributed by atoms with van der Waals surface area (Å²) >= 11 is 0. The zero-order valence-corrected chi connectivity index (χ0v) is 10.4. The molecule has 0 aliphatic carbocycles. The van der Waals surface area contributed by atoms with Crippen LogP contribution in [-0.4, -0.2) is 38.6 Å². The molecular weight excluding hydrogens is 220 g/mol. The van der Waals surface area contributed by atoms with Crippen LogP contribution in [0.5, 0.6) is 11.5 Å². The summed E-state index contributed by atoms with van der Waals surface area (Å²) in [5, 5.41) is 0. The molecule has 0 bridgehead atoms. The van der Waals surface area contributed by atoms with Crippen molar-refractivity contribution >= 4 is 5.91 Å².